The SMILES string of the molecule is COC(C)COc1c(F)cc(CNC(C)(C)C)cc1F. The highest BCUT2D eigenvalue weighted by molar-refractivity contribution is 5.31. The van der Waals surface area contributed by atoms with E-state index in [4.69, 9.17) is 9.47 Å². The molecule has 0 aliphatic rings. The average molecular weight is 287 g/mol. The number of halogens is 2. The molecular weight excluding hydrogens is 264 g/mol. The first-order valence-electron chi connectivity index (χ1n) is 6.61. The summed E-state index contributed by atoms with van der Waals surface area (Å²) < 4.78 is 37.8. The van der Waals surface area contributed by atoms with Crippen LogP contribution in [0.3, 0.4) is 0 Å². The van der Waals surface area contributed by atoms with Gasteiger partial charge in [0.15, 0.2) is 17.4 Å². The fourth-order valence-corrected chi connectivity index (χ4v) is 1.49. The van der Waals surface area contributed by atoms with Crippen molar-refractivity contribution in [2.45, 2.75) is 45.9 Å². The lowest BCUT2D eigenvalue weighted by Crippen LogP contribution is -2.35. The predicted octanol–water partition coefficient (Wildman–Crippen LogP) is 3.27. The molecule has 0 aromatic heterocycles. The Hall–Kier alpha value is -1.20. The van der Waals surface area contributed by atoms with Gasteiger partial charge in [0.05, 0.1) is 6.10 Å². The van der Waals surface area contributed by atoms with Crippen LogP contribution in [-0.2, 0) is 11.3 Å². The maximum absolute atomic E-state index is 13.9. The zero-order valence-corrected chi connectivity index (χ0v) is 12.7. The van der Waals surface area contributed by atoms with Crippen molar-refractivity contribution in [2.75, 3.05) is 13.7 Å². The molecule has 114 valence electrons. The van der Waals surface area contributed by atoms with E-state index in [9.17, 15) is 8.78 Å². The van der Waals surface area contributed by atoms with Gasteiger partial charge in [-0.25, -0.2) is 8.78 Å². The van der Waals surface area contributed by atoms with E-state index in [2.05, 4.69) is 5.32 Å². The molecule has 0 heterocycles. The number of ether oxygens (including phenoxy) is 2. The average Bonchev–Trinajstić information content (AvgIpc) is 2.34. The maximum Gasteiger partial charge on any atom is 0.190 e. The van der Waals surface area contributed by atoms with E-state index in [0.717, 1.165) is 0 Å². The van der Waals surface area contributed by atoms with Crippen molar-refractivity contribution in [3.63, 3.8) is 0 Å². The highest BCUT2D eigenvalue weighted by atomic mass is 19.1. The summed E-state index contributed by atoms with van der Waals surface area (Å²) in [4.78, 5) is 0. The van der Waals surface area contributed by atoms with Gasteiger partial charge in [-0.3, -0.25) is 0 Å². The lowest BCUT2D eigenvalue weighted by molar-refractivity contribution is 0.0685. The number of benzene rings is 1. The van der Waals surface area contributed by atoms with Gasteiger partial charge in [-0.1, -0.05) is 0 Å². The standard InChI is InChI=1S/C15H23F2NO2/c1-10(19-5)9-20-14-12(16)6-11(7-13(14)17)8-18-15(2,3)4/h6-7,10,18H,8-9H2,1-5H3. The van der Waals surface area contributed by atoms with Crippen LogP contribution >= 0.6 is 0 Å². The summed E-state index contributed by atoms with van der Waals surface area (Å²) >= 11 is 0. The van der Waals surface area contributed by atoms with E-state index in [1.165, 1.54) is 19.2 Å². The molecule has 0 fully saturated rings. The first kappa shape index (κ1) is 16.9. The minimum atomic E-state index is -0.695. The second kappa shape index (κ2) is 6.99. The van der Waals surface area contributed by atoms with Gasteiger partial charge in [0.2, 0.25) is 0 Å². The van der Waals surface area contributed by atoms with Crippen molar-refractivity contribution in [1.82, 2.24) is 5.32 Å². The van der Waals surface area contributed by atoms with Crippen molar-refractivity contribution in [1.29, 1.82) is 0 Å². The summed E-state index contributed by atoms with van der Waals surface area (Å²) in [5.74, 6) is -1.74. The fraction of sp³-hybridized carbons (Fsp3) is 0.600. The molecule has 1 aromatic rings. The summed E-state index contributed by atoms with van der Waals surface area (Å²) in [5.41, 5.74) is 0.429. The Morgan fingerprint density at radius 2 is 1.75 bits per heavy atom. The monoisotopic (exact) mass is 287 g/mol. The van der Waals surface area contributed by atoms with E-state index < -0.39 is 11.6 Å². The third kappa shape index (κ3) is 5.43. The van der Waals surface area contributed by atoms with Gasteiger partial charge in [0, 0.05) is 19.2 Å². The molecule has 1 unspecified atom stereocenters. The number of nitrogens with one attached hydrogen (secondary N) is 1. The highest BCUT2D eigenvalue weighted by Crippen LogP contribution is 2.24. The summed E-state index contributed by atoms with van der Waals surface area (Å²) in [6.07, 6.45) is -0.226. The van der Waals surface area contributed by atoms with Crippen LogP contribution in [0, 0.1) is 11.6 Å². The molecule has 0 saturated heterocycles. The predicted molar refractivity (Wildman–Crippen MR) is 74.9 cm³/mol. The largest absolute Gasteiger partial charge is 0.485 e. The Kier molecular flexibility index (Phi) is 5.89. The third-order valence-corrected chi connectivity index (χ3v) is 2.75. The normalized spacial score (nSPS) is 13.3. The van der Waals surface area contributed by atoms with Crippen LogP contribution in [0.5, 0.6) is 5.75 Å². The van der Waals surface area contributed by atoms with Crippen molar-refractivity contribution >= 4 is 0 Å². The molecule has 1 rings (SSSR count). The first-order chi connectivity index (χ1) is 9.23. The molecule has 20 heavy (non-hydrogen) atoms. The molecule has 0 spiro atoms. The maximum atomic E-state index is 13.9. The van der Waals surface area contributed by atoms with Crippen LogP contribution in [0.4, 0.5) is 8.78 Å². The topological polar surface area (TPSA) is 30.5 Å². The van der Waals surface area contributed by atoms with Gasteiger partial charge in [0.1, 0.15) is 6.61 Å². The minimum Gasteiger partial charge on any atom is -0.485 e. The number of hydrogen-bond acceptors (Lipinski definition) is 3. The number of rotatable bonds is 6. The van der Waals surface area contributed by atoms with Crippen LogP contribution < -0.4 is 10.1 Å². The molecule has 0 radical (unpaired) electrons. The van der Waals surface area contributed by atoms with E-state index in [0.29, 0.717) is 12.1 Å². The lowest BCUT2D eigenvalue weighted by Gasteiger charge is -2.21. The molecule has 0 saturated carbocycles. The lowest BCUT2D eigenvalue weighted by atomic mass is 10.1. The Morgan fingerprint density at radius 3 is 2.20 bits per heavy atom. The Morgan fingerprint density at radius 1 is 1.20 bits per heavy atom. The van der Waals surface area contributed by atoms with Gasteiger partial charge in [0.25, 0.3) is 0 Å². The highest BCUT2D eigenvalue weighted by Gasteiger charge is 2.15. The Bertz CT molecular complexity index is 421. The van der Waals surface area contributed by atoms with Gasteiger partial charge in [-0.05, 0) is 45.4 Å². The molecule has 1 aromatic carbocycles. The van der Waals surface area contributed by atoms with E-state index in [-0.39, 0.29) is 24.0 Å². The van der Waals surface area contributed by atoms with E-state index >= 15 is 0 Å². The van der Waals surface area contributed by atoms with Crippen LogP contribution in [0.15, 0.2) is 12.1 Å². The fourth-order valence-electron chi connectivity index (χ4n) is 1.49. The van der Waals surface area contributed by atoms with Crippen molar-refractivity contribution in [3.8, 4) is 5.75 Å². The molecule has 0 aliphatic carbocycles. The molecule has 0 aliphatic heterocycles. The van der Waals surface area contributed by atoms with E-state index in [1.807, 2.05) is 20.8 Å². The molecule has 0 amide bonds. The zero-order chi connectivity index (χ0) is 15.3. The second-order valence-corrected chi connectivity index (χ2v) is 5.85. The van der Waals surface area contributed by atoms with Gasteiger partial charge in [-0.15, -0.1) is 0 Å². The summed E-state index contributed by atoms with van der Waals surface area (Å²) in [6, 6.07) is 2.57. The van der Waals surface area contributed by atoms with Crippen LogP contribution in [0.1, 0.15) is 33.3 Å². The molecule has 1 N–H and O–H groups in total. The van der Waals surface area contributed by atoms with Crippen molar-refractivity contribution in [2.24, 2.45) is 0 Å². The van der Waals surface area contributed by atoms with Crippen LogP contribution in [-0.4, -0.2) is 25.4 Å². The van der Waals surface area contributed by atoms with E-state index in [1.54, 1.807) is 6.92 Å². The molecule has 3 nitrogen and oxygen atoms in total. The minimum absolute atomic E-state index is 0.101. The van der Waals surface area contributed by atoms with Gasteiger partial charge >= 0.3 is 0 Å². The molecular formula is C15H23F2NO2. The Labute approximate surface area is 119 Å². The first-order valence-corrected chi connectivity index (χ1v) is 6.61. The zero-order valence-electron chi connectivity index (χ0n) is 12.7. The van der Waals surface area contributed by atoms with Gasteiger partial charge < -0.3 is 14.8 Å². The second-order valence-electron chi connectivity index (χ2n) is 5.85. The molecule has 1 atom stereocenters. The smallest absolute Gasteiger partial charge is 0.190 e. The summed E-state index contributed by atoms with van der Waals surface area (Å²) in [5, 5.41) is 3.18. The third-order valence-electron chi connectivity index (χ3n) is 2.75. The molecule has 5 heteroatoms. The quantitative estimate of drug-likeness (QED) is 0.871. The summed E-state index contributed by atoms with van der Waals surface area (Å²) in [7, 11) is 1.52. The number of hydrogen-bond donors (Lipinski definition) is 1. The van der Waals surface area contributed by atoms with Crippen molar-refractivity contribution < 1.29 is 18.3 Å². The van der Waals surface area contributed by atoms with Crippen LogP contribution in [0.25, 0.3) is 0 Å². The molecule has 0 bridgehead atoms. The van der Waals surface area contributed by atoms with Crippen molar-refractivity contribution in [3.05, 3.63) is 29.3 Å². The number of methoxy groups -OCH3 is 1. The van der Waals surface area contributed by atoms with Gasteiger partial charge in [-0.2, -0.15) is 0 Å². The Balaban J connectivity index is 2.76. The summed E-state index contributed by atoms with van der Waals surface area (Å²) in [6.45, 7) is 8.23. The van der Waals surface area contributed by atoms with Crippen LogP contribution in [0.2, 0.25) is 0 Å².